The molecule has 2 aromatic heterocycles. The molecule has 0 bridgehead atoms. The second-order valence-corrected chi connectivity index (χ2v) is 6.54. The van der Waals surface area contributed by atoms with Crippen LogP contribution >= 0.6 is 23.2 Å². The van der Waals surface area contributed by atoms with Gasteiger partial charge in [-0.3, -0.25) is 4.98 Å². The SMILES string of the molecule is NCCCCc1c(-c2ccncc2Cl)[nH]c2c(Cl)ccc(C(=O)O)c12. The second kappa shape index (κ2) is 7.44. The molecular formula is C18H17Cl2N3O2. The molecule has 130 valence electrons. The number of carbonyl (C=O) groups is 1. The average molecular weight is 378 g/mol. The van der Waals surface area contributed by atoms with Gasteiger partial charge in [-0.1, -0.05) is 23.2 Å². The maximum Gasteiger partial charge on any atom is 0.336 e. The van der Waals surface area contributed by atoms with Crippen molar-refractivity contribution < 1.29 is 9.90 Å². The minimum absolute atomic E-state index is 0.217. The van der Waals surface area contributed by atoms with Crippen LogP contribution in [0.1, 0.15) is 28.8 Å². The van der Waals surface area contributed by atoms with Gasteiger partial charge in [0.15, 0.2) is 0 Å². The molecule has 0 radical (unpaired) electrons. The Morgan fingerprint density at radius 1 is 1.20 bits per heavy atom. The highest BCUT2D eigenvalue weighted by atomic mass is 35.5. The van der Waals surface area contributed by atoms with Gasteiger partial charge in [-0.25, -0.2) is 4.79 Å². The Morgan fingerprint density at radius 3 is 2.68 bits per heavy atom. The summed E-state index contributed by atoms with van der Waals surface area (Å²) in [5, 5.41) is 11.2. The maximum atomic E-state index is 11.7. The van der Waals surface area contributed by atoms with Crippen LogP contribution in [-0.4, -0.2) is 27.6 Å². The molecule has 0 amide bonds. The monoisotopic (exact) mass is 377 g/mol. The lowest BCUT2D eigenvalue weighted by atomic mass is 9.98. The van der Waals surface area contributed by atoms with Crippen molar-refractivity contribution in [3.63, 3.8) is 0 Å². The number of fused-ring (bicyclic) bond motifs is 1. The zero-order valence-corrected chi connectivity index (χ0v) is 14.9. The number of halogens is 2. The first-order chi connectivity index (χ1) is 12.0. The van der Waals surface area contributed by atoms with E-state index in [2.05, 4.69) is 9.97 Å². The summed E-state index contributed by atoms with van der Waals surface area (Å²) in [6, 6.07) is 4.92. The lowest BCUT2D eigenvalue weighted by Crippen LogP contribution is -2.01. The van der Waals surface area contributed by atoms with Crippen LogP contribution in [-0.2, 0) is 6.42 Å². The summed E-state index contributed by atoms with van der Waals surface area (Å²) >= 11 is 12.6. The van der Waals surface area contributed by atoms with Crippen molar-refractivity contribution in [1.82, 2.24) is 9.97 Å². The van der Waals surface area contributed by atoms with Crippen molar-refractivity contribution in [1.29, 1.82) is 0 Å². The minimum Gasteiger partial charge on any atom is -0.478 e. The summed E-state index contributed by atoms with van der Waals surface area (Å²) in [7, 11) is 0. The summed E-state index contributed by atoms with van der Waals surface area (Å²) < 4.78 is 0. The minimum atomic E-state index is -0.992. The molecule has 2 heterocycles. The fourth-order valence-corrected chi connectivity index (χ4v) is 3.44. The van der Waals surface area contributed by atoms with Gasteiger partial charge in [0, 0.05) is 23.3 Å². The van der Waals surface area contributed by atoms with E-state index in [1.165, 1.54) is 6.07 Å². The lowest BCUT2D eigenvalue weighted by molar-refractivity contribution is 0.0699. The van der Waals surface area contributed by atoms with Crippen LogP contribution in [0.4, 0.5) is 0 Å². The van der Waals surface area contributed by atoms with E-state index in [9.17, 15) is 9.90 Å². The van der Waals surface area contributed by atoms with Gasteiger partial charge in [-0.15, -0.1) is 0 Å². The van der Waals surface area contributed by atoms with Gasteiger partial charge in [0.05, 0.1) is 26.8 Å². The molecule has 3 aromatic rings. The van der Waals surface area contributed by atoms with E-state index in [1.807, 2.05) is 0 Å². The first-order valence-electron chi connectivity index (χ1n) is 7.91. The van der Waals surface area contributed by atoms with Gasteiger partial charge >= 0.3 is 5.97 Å². The molecule has 0 aliphatic heterocycles. The van der Waals surface area contributed by atoms with Crippen LogP contribution in [0.2, 0.25) is 10.0 Å². The Kier molecular flexibility index (Phi) is 5.27. The molecule has 5 nitrogen and oxygen atoms in total. The summed E-state index contributed by atoms with van der Waals surface area (Å²) in [5.74, 6) is -0.992. The molecule has 0 spiro atoms. The number of nitrogens with zero attached hydrogens (tertiary/aromatic N) is 1. The van der Waals surface area contributed by atoms with Gasteiger partial charge < -0.3 is 15.8 Å². The van der Waals surface area contributed by atoms with Crippen molar-refractivity contribution in [2.45, 2.75) is 19.3 Å². The van der Waals surface area contributed by atoms with Gasteiger partial charge in [0.1, 0.15) is 0 Å². The lowest BCUT2D eigenvalue weighted by Gasteiger charge is -2.08. The van der Waals surface area contributed by atoms with Crippen molar-refractivity contribution in [3.8, 4) is 11.3 Å². The highest BCUT2D eigenvalue weighted by Gasteiger charge is 2.21. The number of benzene rings is 1. The van der Waals surface area contributed by atoms with Crippen LogP contribution in [0.15, 0.2) is 30.6 Å². The van der Waals surface area contributed by atoms with E-state index in [1.54, 1.807) is 24.5 Å². The number of aromatic nitrogens is 2. The Hall–Kier alpha value is -2.08. The van der Waals surface area contributed by atoms with E-state index in [0.717, 1.165) is 29.7 Å². The first-order valence-corrected chi connectivity index (χ1v) is 8.66. The smallest absolute Gasteiger partial charge is 0.336 e. The van der Waals surface area contributed by atoms with E-state index in [4.69, 9.17) is 28.9 Å². The molecule has 4 N–H and O–H groups in total. The Labute approximate surface area is 154 Å². The van der Waals surface area contributed by atoms with Crippen LogP contribution in [0, 0.1) is 0 Å². The Bertz CT molecular complexity index is 937. The van der Waals surface area contributed by atoms with Crippen LogP contribution in [0.5, 0.6) is 0 Å². The first kappa shape index (κ1) is 17.7. The highest BCUT2D eigenvalue weighted by molar-refractivity contribution is 6.36. The Morgan fingerprint density at radius 2 is 2.00 bits per heavy atom. The summed E-state index contributed by atoms with van der Waals surface area (Å²) in [5.41, 5.74) is 8.85. The van der Waals surface area contributed by atoms with E-state index in [-0.39, 0.29) is 5.56 Å². The van der Waals surface area contributed by atoms with Crippen molar-refractivity contribution >= 4 is 40.1 Å². The number of hydrogen-bond acceptors (Lipinski definition) is 3. The number of aryl methyl sites for hydroxylation is 1. The summed E-state index contributed by atoms with van der Waals surface area (Å²) in [4.78, 5) is 19.0. The van der Waals surface area contributed by atoms with Crippen molar-refractivity contribution in [2.24, 2.45) is 5.73 Å². The molecule has 7 heteroatoms. The standard InChI is InChI=1S/C18H17Cl2N3O2/c19-13-5-4-12(18(24)25)15-11(3-1-2-7-21)16(23-17(13)15)10-6-8-22-9-14(10)20/h4-6,8-9,23H,1-3,7,21H2,(H,24,25). The van der Waals surface area contributed by atoms with Gasteiger partial charge in [0.2, 0.25) is 0 Å². The van der Waals surface area contributed by atoms with Gasteiger partial charge in [0.25, 0.3) is 0 Å². The number of carboxylic acids is 1. The average Bonchev–Trinajstić information content (AvgIpc) is 2.96. The molecule has 3 rings (SSSR count). The van der Waals surface area contributed by atoms with E-state index in [0.29, 0.717) is 33.9 Å². The van der Waals surface area contributed by atoms with Crippen LogP contribution in [0.25, 0.3) is 22.2 Å². The molecule has 0 aliphatic carbocycles. The number of nitrogens with one attached hydrogen (secondary N) is 1. The fourth-order valence-electron chi connectivity index (χ4n) is 3.02. The molecule has 25 heavy (non-hydrogen) atoms. The molecule has 0 saturated carbocycles. The number of carboxylic acid groups (broad SMARTS) is 1. The summed E-state index contributed by atoms with van der Waals surface area (Å²) in [6.07, 6.45) is 5.57. The van der Waals surface area contributed by atoms with Gasteiger partial charge in [-0.05, 0) is 49.6 Å². The van der Waals surface area contributed by atoms with Crippen LogP contribution in [0.3, 0.4) is 0 Å². The zero-order valence-electron chi connectivity index (χ0n) is 13.4. The number of H-pyrrole nitrogens is 1. The number of aromatic carboxylic acids is 1. The third-order valence-electron chi connectivity index (χ3n) is 4.16. The number of rotatable bonds is 6. The number of pyridine rings is 1. The maximum absolute atomic E-state index is 11.7. The Balaban J connectivity index is 2.30. The molecular weight excluding hydrogens is 361 g/mol. The number of aromatic amines is 1. The molecule has 0 fully saturated rings. The number of unbranched alkanes of at least 4 members (excludes halogenated alkanes) is 1. The third-order valence-corrected chi connectivity index (χ3v) is 4.78. The number of nitrogens with two attached hydrogens (primary N) is 1. The predicted octanol–water partition coefficient (Wildman–Crippen LogP) is 4.52. The normalized spacial score (nSPS) is 11.2. The number of hydrogen-bond donors (Lipinski definition) is 3. The molecule has 0 unspecified atom stereocenters. The predicted molar refractivity (Wildman–Crippen MR) is 101 cm³/mol. The van der Waals surface area contributed by atoms with Crippen LogP contribution < -0.4 is 5.73 Å². The molecule has 0 aliphatic rings. The topological polar surface area (TPSA) is 92.0 Å². The molecule has 0 saturated heterocycles. The third kappa shape index (κ3) is 3.35. The zero-order chi connectivity index (χ0) is 18.0. The van der Waals surface area contributed by atoms with Gasteiger partial charge in [-0.2, -0.15) is 0 Å². The molecule has 0 atom stereocenters. The molecule has 1 aromatic carbocycles. The van der Waals surface area contributed by atoms with E-state index < -0.39 is 5.97 Å². The highest BCUT2D eigenvalue weighted by Crippen LogP contribution is 2.38. The summed E-state index contributed by atoms with van der Waals surface area (Å²) in [6.45, 7) is 0.584. The van der Waals surface area contributed by atoms with Crippen molar-refractivity contribution in [2.75, 3.05) is 6.54 Å². The van der Waals surface area contributed by atoms with Crippen molar-refractivity contribution in [3.05, 3.63) is 51.8 Å². The second-order valence-electron chi connectivity index (χ2n) is 5.73. The largest absolute Gasteiger partial charge is 0.478 e. The fraction of sp³-hybridized carbons (Fsp3) is 0.222. The quantitative estimate of drug-likeness (QED) is 0.550. The van der Waals surface area contributed by atoms with E-state index >= 15 is 0 Å².